The number of benzene rings is 1. The van der Waals surface area contributed by atoms with Gasteiger partial charge in [-0.3, -0.25) is 4.99 Å². The number of halogens is 1. The van der Waals surface area contributed by atoms with Crippen molar-refractivity contribution < 1.29 is 5.11 Å². The minimum absolute atomic E-state index is 0. The van der Waals surface area contributed by atoms with Gasteiger partial charge in [0, 0.05) is 19.0 Å². The number of aliphatic imine (C=N–C) groups is 1. The molecule has 5 heteroatoms. The minimum atomic E-state index is 0. The fourth-order valence-corrected chi connectivity index (χ4v) is 2.54. The molecule has 23 heavy (non-hydrogen) atoms. The van der Waals surface area contributed by atoms with E-state index in [1.807, 2.05) is 30.3 Å². The molecule has 0 radical (unpaired) electrons. The summed E-state index contributed by atoms with van der Waals surface area (Å²) in [4.78, 5) is 4.63. The molecule has 1 unspecified atom stereocenters. The molecule has 0 amide bonds. The monoisotopic (exact) mass is 431 g/mol. The highest BCUT2D eigenvalue weighted by Gasteiger charge is 2.20. The SMILES string of the molecule is CCNC(=NCC(CO)c1ccccc1)NCCCC1CC1.I. The Labute approximate surface area is 157 Å². The zero-order valence-corrected chi connectivity index (χ0v) is 16.3. The molecule has 2 rings (SSSR count). The van der Waals surface area contributed by atoms with Crippen molar-refractivity contribution in [3.05, 3.63) is 35.9 Å². The molecule has 0 spiro atoms. The lowest BCUT2D eigenvalue weighted by Crippen LogP contribution is -2.38. The van der Waals surface area contributed by atoms with Gasteiger partial charge in [0.25, 0.3) is 0 Å². The van der Waals surface area contributed by atoms with E-state index < -0.39 is 0 Å². The van der Waals surface area contributed by atoms with E-state index in [0.29, 0.717) is 6.54 Å². The second kappa shape index (κ2) is 11.7. The molecule has 1 aliphatic carbocycles. The van der Waals surface area contributed by atoms with Gasteiger partial charge >= 0.3 is 0 Å². The zero-order chi connectivity index (χ0) is 15.6. The van der Waals surface area contributed by atoms with Crippen LogP contribution in [-0.4, -0.2) is 37.3 Å². The standard InChI is InChI=1S/C18H29N3O.HI/c1-2-19-18(20-12-6-7-15-10-11-15)21-13-17(14-22)16-8-4-3-5-9-16;/h3-5,8-9,15,17,22H,2,6-7,10-14H2,1H3,(H2,19,20,21);1H. The highest BCUT2D eigenvalue weighted by atomic mass is 127. The molecule has 1 saturated carbocycles. The van der Waals surface area contributed by atoms with Crippen LogP contribution >= 0.6 is 24.0 Å². The van der Waals surface area contributed by atoms with E-state index in [9.17, 15) is 5.11 Å². The fraction of sp³-hybridized carbons (Fsp3) is 0.611. The van der Waals surface area contributed by atoms with Crippen LogP contribution < -0.4 is 10.6 Å². The van der Waals surface area contributed by atoms with Gasteiger partial charge < -0.3 is 15.7 Å². The van der Waals surface area contributed by atoms with Crippen molar-refractivity contribution in [2.24, 2.45) is 10.9 Å². The molecular formula is C18H30IN3O. The number of aliphatic hydroxyl groups excluding tert-OH is 1. The first kappa shape index (κ1) is 20.2. The van der Waals surface area contributed by atoms with Crippen LogP contribution in [0.25, 0.3) is 0 Å². The first-order valence-corrected chi connectivity index (χ1v) is 8.51. The molecule has 1 aromatic rings. The van der Waals surface area contributed by atoms with Crippen LogP contribution in [0.2, 0.25) is 0 Å². The highest BCUT2D eigenvalue weighted by molar-refractivity contribution is 14.0. The predicted molar refractivity (Wildman–Crippen MR) is 108 cm³/mol. The molecule has 1 atom stereocenters. The molecule has 0 heterocycles. The number of rotatable bonds is 9. The first-order chi connectivity index (χ1) is 10.8. The summed E-state index contributed by atoms with van der Waals surface area (Å²) in [5, 5.41) is 16.3. The molecule has 0 aromatic heterocycles. The summed E-state index contributed by atoms with van der Waals surface area (Å²) in [6.07, 6.45) is 5.37. The summed E-state index contributed by atoms with van der Waals surface area (Å²) in [5.74, 6) is 1.90. The lowest BCUT2D eigenvalue weighted by molar-refractivity contribution is 0.268. The lowest BCUT2D eigenvalue weighted by atomic mass is 10.0. The third kappa shape index (κ3) is 8.01. The number of nitrogens with one attached hydrogen (secondary N) is 2. The van der Waals surface area contributed by atoms with Crippen molar-refractivity contribution in [2.45, 2.75) is 38.5 Å². The third-order valence-corrected chi connectivity index (χ3v) is 4.08. The molecule has 130 valence electrons. The van der Waals surface area contributed by atoms with E-state index in [-0.39, 0.29) is 36.5 Å². The Kier molecular flexibility index (Phi) is 10.3. The average molecular weight is 431 g/mol. The van der Waals surface area contributed by atoms with E-state index in [4.69, 9.17) is 0 Å². The van der Waals surface area contributed by atoms with Crippen LogP contribution in [0.5, 0.6) is 0 Å². The Morgan fingerprint density at radius 1 is 1.26 bits per heavy atom. The van der Waals surface area contributed by atoms with E-state index in [2.05, 4.69) is 22.5 Å². The van der Waals surface area contributed by atoms with Gasteiger partial charge in [-0.05, 0) is 31.2 Å². The largest absolute Gasteiger partial charge is 0.396 e. The summed E-state index contributed by atoms with van der Waals surface area (Å²) in [7, 11) is 0. The Morgan fingerprint density at radius 2 is 2.00 bits per heavy atom. The quantitative estimate of drug-likeness (QED) is 0.244. The zero-order valence-electron chi connectivity index (χ0n) is 14.0. The van der Waals surface area contributed by atoms with Crippen molar-refractivity contribution in [3.63, 3.8) is 0 Å². The predicted octanol–water partition coefficient (Wildman–Crippen LogP) is 3.13. The average Bonchev–Trinajstić information content (AvgIpc) is 3.37. The summed E-state index contributed by atoms with van der Waals surface area (Å²) < 4.78 is 0. The number of guanidine groups is 1. The van der Waals surface area contributed by atoms with E-state index in [1.54, 1.807) is 0 Å². The molecular weight excluding hydrogens is 401 g/mol. The second-order valence-electron chi connectivity index (χ2n) is 6.02. The summed E-state index contributed by atoms with van der Waals surface area (Å²) in [5.41, 5.74) is 1.14. The number of aliphatic hydroxyl groups is 1. The Hall–Kier alpha value is -0.820. The Bertz CT molecular complexity index is 449. The van der Waals surface area contributed by atoms with E-state index in [0.717, 1.165) is 30.5 Å². The van der Waals surface area contributed by atoms with Gasteiger partial charge in [0.05, 0.1) is 13.2 Å². The van der Waals surface area contributed by atoms with Crippen LogP contribution in [0.4, 0.5) is 0 Å². The van der Waals surface area contributed by atoms with Gasteiger partial charge in [-0.15, -0.1) is 24.0 Å². The van der Waals surface area contributed by atoms with Gasteiger partial charge in [0.1, 0.15) is 0 Å². The van der Waals surface area contributed by atoms with Crippen molar-refractivity contribution in [1.82, 2.24) is 10.6 Å². The lowest BCUT2D eigenvalue weighted by Gasteiger charge is -2.15. The summed E-state index contributed by atoms with van der Waals surface area (Å²) in [6.45, 7) is 4.61. The molecule has 0 saturated heterocycles. The smallest absolute Gasteiger partial charge is 0.191 e. The number of nitrogens with zero attached hydrogens (tertiary/aromatic N) is 1. The maximum atomic E-state index is 9.59. The van der Waals surface area contributed by atoms with Gasteiger partial charge in [0.2, 0.25) is 0 Å². The van der Waals surface area contributed by atoms with E-state index >= 15 is 0 Å². The summed E-state index contributed by atoms with van der Waals surface area (Å²) in [6, 6.07) is 10.1. The van der Waals surface area contributed by atoms with Gasteiger partial charge in [-0.2, -0.15) is 0 Å². The van der Waals surface area contributed by atoms with Gasteiger partial charge in [-0.25, -0.2) is 0 Å². The van der Waals surface area contributed by atoms with E-state index in [1.165, 1.54) is 25.7 Å². The highest BCUT2D eigenvalue weighted by Crippen LogP contribution is 2.33. The molecule has 0 aliphatic heterocycles. The topological polar surface area (TPSA) is 56.7 Å². The second-order valence-corrected chi connectivity index (χ2v) is 6.02. The van der Waals surface area contributed by atoms with Crippen molar-refractivity contribution in [1.29, 1.82) is 0 Å². The third-order valence-electron chi connectivity index (χ3n) is 4.08. The van der Waals surface area contributed by atoms with Crippen LogP contribution in [0.15, 0.2) is 35.3 Å². The Morgan fingerprint density at radius 3 is 2.61 bits per heavy atom. The Balaban J connectivity index is 0.00000264. The van der Waals surface area contributed by atoms with Crippen LogP contribution in [0.3, 0.4) is 0 Å². The number of hydrogen-bond acceptors (Lipinski definition) is 2. The molecule has 1 fully saturated rings. The first-order valence-electron chi connectivity index (χ1n) is 8.51. The van der Waals surface area contributed by atoms with Crippen LogP contribution in [0.1, 0.15) is 44.1 Å². The molecule has 0 bridgehead atoms. The molecule has 3 N–H and O–H groups in total. The maximum absolute atomic E-state index is 9.59. The number of hydrogen-bond donors (Lipinski definition) is 3. The minimum Gasteiger partial charge on any atom is -0.396 e. The molecule has 1 aliphatic rings. The maximum Gasteiger partial charge on any atom is 0.191 e. The fourth-order valence-electron chi connectivity index (χ4n) is 2.54. The van der Waals surface area contributed by atoms with Gasteiger partial charge in [-0.1, -0.05) is 43.2 Å². The summed E-state index contributed by atoms with van der Waals surface area (Å²) >= 11 is 0. The van der Waals surface area contributed by atoms with Crippen molar-refractivity contribution in [3.8, 4) is 0 Å². The normalized spacial score (nSPS) is 15.7. The van der Waals surface area contributed by atoms with Gasteiger partial charge in [0.15, 0.2) is 5.96 Å². The molecule has 4 nitrogen and oxygen atoms in total. The van der Waals surface area contributed by atoms with Crippen molar-refractivity contribution >= 4 is 29.9 Å². The van der Waals surface area contributed by atoms with Crippen molar-refractivity contribution in [2.75, 3.05) is 26.2 Å². The molecule has 1 aromatic carbocycles. The van der Waals surface area contributed by atoms with Crippen LogP contribution in [-0.2, 0) is 0 Å². The van der Waals surface area contributed by atoms with Crippen LogP contribution in [0, 0.1) is 5.92 Å².